The normalized spacial score (nSPS) is 12.9. The van der Waals surface area contributed by atoms with Gasteiger partial charge in [0.1, 0.15) is 0 Å². The number of ether oxygens (including phenoxy) is 1. The van der Waals surface area contributed by atoms with Gasteiger partial charge in [0.2, 0.25) is 0 Å². The van der Waals surface area contributed by atoms with Crippen molar-refractivity contribution < 1.29 is 19.4 Å². The van der Waals surface area contributed by atoms with Crippen LogP contribution in [0.5, 0.6) is 11.5 Å². The van der Waals surface area contributed by atoms with Gasteiger partial charge in [-0.05, 0) is 60.3 Å². The fourth-order valence-electron chi connectivity index (χ4n) is 3.31. The van der Waals surface area contributed by atoms with E-state index < -0.39 is 6.09 Å². The maximum absolute atomic E-state index is 12.6. The number of nitrogens with zero attached hydrogens (tertiary/aromatic N) is 1. The maximum atomic E-state index is 12.6. The molecule has 152 valence electrons. The van der Waals surface area contributed by atoms with Crippen molar-refractivity contribution in [2.24, 2.45) is 0 Å². The number of carbonyl (C=O) groups excluding carboxylic acids is 2. The SMILES string of the molecule is CN(C)C(=O)Oc1ccc2c(c1O)CC(c1ccc(CCCCP)cc1)=CC2=O. The number of hydrogen-bond acceptors (Lipinski definition) is 4. The van der Waals surface area contributed by atoms with Crippen molar-refractivity contribution in [3.63, 3.8) is 0 Å². The highest BCUT2D eigenvalue weighted by Crippen LogP contribution is 2.39. The van der Waals surface area contributed by atoms with Crippen LogP contribution in [0.1, 0.15) is 39.9 Å². The Kier molecular flexibility index (Phi) is 6.71. The van der Waals surface area contributed by atoms with Gasteiger partial charge >= 0.3 is 6.09 Å². The molecule has 2 aromatic carbocycles. The molecule has 2 aromatic rings. The number of unbranched alkanes of at least 4 members (excludes halogenated alkanes) is 1. The molecule has 1 aliphatic carbocycles. The van der Waals surface area contributed by atoms with Crippen LogP contribution in [0, 0.1) is 0 Å². The summed E-state index contributed by atoms with van der Waals surface area (Å²) in [5.41, 5.74) is 3.99. The summed E-state index contributed by atoms with van der Waals surface area (Å²) in [5.74, 6) is -0.266. The monoisotopic (exact) mass is 411 g/mol. The Balaban J connectivity index is 1.83. The van der Waals surface area contributed by atoms with Crippen LogP contribution in [-0.2, 0) is 12.8 Å². The number of aromatic hydroxyl groups is 1. The second-order valence-corrected chi connectivity index (χ2v) is 7.93. The van der Waals surface area contributed by atoms with Gasteiger partial charge in [0.25, 0.3) is 0 Å². The number of carbonyl (C=O) groups is 2. The van der Waals surface area contributed by atoms with Crippen LogP contribution < -0.4 is 4.74 Å². The van der Waals surface area contributed by atoms with E-state index in [1.807, 2.05) is 12.1 Å². The number of rotatable bonds is 6. The van der Waals surface area contributed by atoms with E-state index in [1.54, 1.807) is 26.2 Å². The minimum atomic E-state index is -0.588. The van der Waals surface area contributed by atoms with E-state index in [0.29, 0.717) is 17.5 Å². The number of phenolic OH excluding ortho intramolecular Hbond substituents is 1. The average molecular weight is 411 g/mol. The van der Waals surface area contributed by atoms with Crippen LogP contribution in [0.3, 0.4) is 0 Å². The largest absolute Gasteiger partial charge is 0.504 e. The number of benzene rings is 2. The summed E-state index contributed by atoms with van der Waals surface area (Å²) in [6, 6.07) is 11.3. The predicted octanol–water partition coefficient (Wildman–Crippen LogP) is 4.47. The summed E-state index contributed by atoms with van der Waals surface area (Å²) in [5, 5.41) is 10.6. The van der Waals surface area contributed by atoms with Crippen molar-refractivity contribution in [2.45, 2.75) is 25.7 Å². The average Bonchev–Trinajstić information content (AvgIpc) is 2.71. The maximum Gasteiger partial charge on any atom is 0.414 e. The molecule has 1 atom stereocenters. The molecule has 0 fully saturated rings. The van der Waals surface area contributed by atoms with Gasteiger partial charge in [0.15, 0.2) is 17.3 Å². The Morgan fingerprint density at radius 2 is 1.86 bits per heavy atom. The van der Waals surface area contributed by atoms with E-state index in [1.165, 1.54) is 23.0 Å². The second kappa shape index (κ2) is 9.23. The van der Waals surface area contributed by atoms with E-state index in [2.05, 4.69) is 21.4 Å². The third-order valence-electron chi connectivity index (χ3n) is 4.99. The lowest BCUT2D eigenvalue weighted by Gasteiger charge is -2.20. The van der Waals surface area contributed by atoms with Crippen molar-refractivity contribution in [3.05, 3.63) is 64.7 Å². The minimum Gasteiger partial charge on any atom is -0.504 e. The summed E-state index contributed by atoms with van der Waals surface area (Å²) in [6.45, 7) is 0. The van der Waals surface area contributed by atoms with Gasteiger partial charge in [-0.1, -0.05) is 24.3 Å². The molecule has 3 rings (SSSR count). The van der Waals surface area contributed by atoms with E-state index in [4.69, 9.17) is 4.74 Å². The van der Waals surface area contributed by atoms with Crippen molar-refractivity contribution in [1.29, 1.82) is 0 Å². The van der Waals surface area contributed by atoms with Gasteiger partial charge in [-0.2, -0.15) is 0 Å². The first-order valence-electron chi connectivity index (χ1n) is 9.69. The number of hydrogen-bond donors (Lipinski definition) is 1. The van der Waals surface area contributed by atoms with E-state index in [-0.39, 0.29) is 17.3 Å². The first-order chi connectivity index (χ1) is 13.9. The molecule has 29 heavy (non-hydrogen) atoms. The molecule has 1 amide bonds. The number of fused-ring (bicyclic) bond motifs is 1. The number of phenols is 1. The molecule has 0 saturated heterocycles. The molecule has 0 aliphatic heterocycles. The van der Waals surface area contributed by atoms with Crippen molar-refractivity contribution in [3.8, 4) is 11.5 Å². The quantitative estimate of drug-likeness (QED) is 0.563. The zero-order chi connectivity index (χ0) is 21.0. The van der Waals surface area contributed by atoms with Crippen molar-refractivity contribution >= 4 is 26.7 Å². The minimum absolute atomic E-state index is 0.0564. The zero-order valence-electron chi connectivity index (χ0n) is 16.8. The molecule has 0 saturated carbocycles. The van der Waals surface area contributed by atoms with Gasteiger partial charge in [0.05, 0.1) is 0 Å². The number of amides is 1. The summed E-state index contributed by atoms with van der Waals surface area (Å²) in [4.78, 5) is 25.7. The summed E-state index contributed by atoms with van der Waals surface area (Å²) in [7, 11) is 5.87. The lowest BCUT2D eigenvalue weighted by molar-refractivity contribution is 0.104. The van der Waals surface area contributed by atoms with Gasteiger partial charge in [-0.25, -0.2) is 4.79 Å². The molecule has 0 radical (unpaired) electrons. The Hall–Kier alpha value is -2.65. The molecule has 6 heteroatoms. The van der Waals surface area contributed by atoms with Gasteiger partial charge < -0.3 is 14.7 Å². The zero-order valence-corrected chi connectivity index (χ0v) is 17.9. The fraction of sp³-hybridized carbons (Fsp3) is 0.304. The predicted molar refractivity (Wildman–Crippen MR) is 118 cm³/mol. The highest BCUT2D eigenvalue weighted by atomic mass is 31.0. The first kappa shape index (κ1) is 21.1. The molecule has 0 bridgehead atoms. The Labute approximate surface area is 173 Å². The Morgan fingerprint density at radius 3 is 2.52 bits per heavy atom. The summed E-state index contributed by atoms with van der Waals surface area (Å²) < 4.78 is 5.22. The van der Waals surface area contributed by atoms with E-state index in [0.717, 1.165) is 30.1 Å². The smallest absolute Gasteiger partial charge is 0.414 e. The number of ketones is 1. The summed E-state index contributed by atoms with van der Waals surface area (Å²) in [6.07, 6.45) is 5.92. The van der Waals surface area contributed by atoms with Gasteiger partial charge in [-0.15, -0.1) is 9.24 Å². The molecule has 0 spiro atoms. The van der Waals surface area contributed by atoms with E-state index >= 15 is 0 Å². The van der Waals surface area contributed by atoms with Crippen LogP contribution in [0.4, 0.5) is 4.79 Å². The molecule has 1 aliphatic rings. The van der Waals surface area contributed by atoms with Gasteiger partial charge in [0, 0.05) is 31.6 Å². The third-order valence-corrected chi connectivity index (χ3v) is 5.40. The topological polar surface area (TPSA) is 66.8 Å². The van der Waals surface area contributed by atoms with Crippen LogP contribution in [0.25, 0.3) is 5.57 Å². The molecular weight excluding hydrogens is 385 g/mol. The highest BCUT2D eigenvalue weighted by Gasteiger charge is 2.25. The third kappa shape index (κ3) is 4.86. The molecular formula is C23H26NO4P. The van der Waals surface area contributed by atoms with Crippen LogP contribution in [0.15, 0.2) is 42.5 Å². The lowest BCUT2D eigenvalue weighted by Crippen LogP contribution is -2.25. The van der Waals surface area contributed by atoms with E-state index in [9.17, 15) is 14.7 Å². The number of allylic oxidation sites excluding steroid dienone is 2. The van der Waals surface area contributed by atoms with Crippen LogP contribution in [0.2, 0.25) is 0 Å². The highest BCUT2D eigenvalue weighted by molar-refractivity contribution is 7.16. The van der Waals surface area contributed by atoms with Crippen molar-refractivity contribution in [1.82, 2.24) is 4.90 Å². The fourth-order valence-corrected chi connectivity index (χ4v) is 3.60. The standard InChI is InChI=1S/C23H26NO4P/c1-24(2)23(27)28-21-11-10-18-19(22(21)26)13-17(14-20(18)25)16-8-6-15(7-9-16)5-3-4-12-29/h6-11,14,26H,3-5,12-13,29H2,1-2H3. The van der Waals surface area contributed by atoms with Crippen LogP contribution in [-0.4, -0.2) is 42.1 Å². The second-order valence-electron chi connectivity index (χ2n) is 7.35. The van der Waals surface area contributed by atoms with Gasteiger partial charge in [-0.3, -0.25) is 4.79 Å². The lowest BCUT2D eigenvalue weighted by atomic mass is 9.86. The summed E-state index contributed by atoms with van der Waals surface area (Å²) >= 11 is 0. The first-order valence-corrected chi connectivity index (χ1v) is 10.5. The van der Waals surface area contributed by atoms with Crippen molar-refractivity contribution in [2.75, 3.05) is 20.3 Å². The molecule has 5 nitrogen and oxygen atoms in total. The molecule has 1 unspecified atom stereocenters. The molecule has 1 N–H and O–H groups in total. The Morgan fingerprint density at radius 1 is 1.14 bits per heavy atom. The molecule has 0 aromatic heterocycles. The van der Waals surface area contributed by atoms with Crippen LogP contribution >= 0.6 is 9.24 Å². The number of aryl methyl sites for hydroxylation is 1. The Bertz CT molecular complexity index is 948. The molecule has 0 heterocycles.